The van der Waals surface area contributed by atoms with Crippen molar-refractivity contribution in [3.05, 3.63) is 65.7 Å². The number of ether oxygens (including phenoxy) is 4. The molecule has 0 aromatic heterocycles. The average Bonchev–Trinajstić information content (AvgIpc) is 2.89. The number of carbonyl (C=O) groups excluding carboxylic acids is 2. The number of benzene rings is 2. The largest absolute Gasteiger partial charge is 0.497 e. The Morgan fingerprint density at radius 2 is 1.69 bits per heavy atom. The van der Waals surface area contributed by atoms with Crippen LogP contribution in [0.15, 0.2) is 60.2 Å². The zero-order valence-corrected chi connectivity index (χ0v) is 20.0. The lowest BCUT2D eigenvalue weighted by molar-refractivity contribution is -0.125. The molecule has 0 aliphatic heterocycles. The minimum absolute atomic E-state index is 0.105. The van der Waals surface area contributed by atoms with E-state index in [0.717, 1.165) is 0 Å². The van der Waals surface area contributed by atoms with E-state index in [9.17, 15) is 9.59 Å². The van der Waals surface area contributed by atoms with Crippen molar-refractivity contribution in [2.75, 3.05) is 32.8 Å². The molecule has 190 valence electrons. The third-order valence-corrected chi connectivity index (χ3v) is 5.14. The molecule has 4 N–H and O–H groups in total. The second kappa shape index (κ2) is 14.6. The molecule has 35 heavy (non-hydrogen) atoms. The number of anilines is 1. The molecule has 0 saturated heterocycles. The van der Waals surface area contributed by atoms with Gasteiger partial charge in [-0.1, -0.05) is 18.2 Å². The maximum Gasteiger partial charge on any atom is 0.412 e. The van der Waals surface area contributed by atoms with Crippen molar-refractivity contribution in [2.45, 2.75) is 32.0 Å². The fraction of sp³-hybridized carbons (Fsp3) is 0.360. The van der Waals surface area contributed by atoms with Gasteiger partial charge >= 0.3 is 6.09 Å². The lowest BCUT2D eigenvalue weighted by Gasteiger charge is -2.26. The van der Waals surface area contributed by atoms with Crippen LogP contribution in [0.1, 0.15) is 31.4 Å². The number of rotatable bonds is 13. The molecule has 0 spiro atoms. The van der Waals surface area contributed by atoms with Crippen molar-refractivity contribution < 1.29 is 38.9 Å². The molecule has 0 radical (unpaired) electrons. The van der Waals surface area contributed by atoms with Gasteiger partial charge in [0.15, 0.2) is 6.10 Å². The van der Waals surface area contributed by atoms with Crippen LogP contribution in [0.3, 0.4) is 0 Å². The summed E-state index contributed by atoms with van der Waals surface area (Å²) in [6.07, 6.45) is 0.546. The number of allylic oxidation sites excluding steroid dienone is 1. The quantitative estimate of drug-likeness (QED) is 0.191. The van der Waals surface area contributed by atoms with E-state index in [1.165, 1.54) is 7.11 Å². The number of carbonyl (C=O) groups is 2. The van der Waals surface area contributed by atoms with Crippen molar-refractivity contribution in [2.24, 2.45) is 0 Å². The minimum Gasteiger partial charge on any atom is -0.497 e. The van der Waals surface area contributed by atoms with Gasteiger partial charge < -0.3 is 24.1 Å². The fourth-order valence-electron chi connectivity index (χ4n) is 3.25. The Morgan fingerprint density at radius 3 is 2.26 bits per heavy atom. The average molecular weight is 489 g/mol. The molecule has 2 atom stereocenters. The van der Waals surface area contributed by atoms with Gasteiger partial charge in [0.2, 0.25) is 0 Å². The van der Waals surface area contributed by atoms with E-state index in [-0.39, 0.29) is 13.2 Å². The Labute approximate surface area is 204 Å². The first kappa shape index (κ1) is 27.6. The van der Waals surface area contributed by atoms with Gasteiger partial charge in [0.25, 0.3) is 5.91 Å². The number of aliphatic hydroxyl groups is 1. The summed E-state index contributed by atoms with van der Waals surface area (Å²) in [7, 11) is 3.07. The van der Waals surface area contributed by atoms with Gasteiger partial charge in [0.05, 0.1) is 19.8 Å². The second-order valence-corrected chi connectivity index (χ2v) is 7.50. The molecule has 0 saturated carbocycles. The predicted molar refractivity (Wildman–Crippen MR) is 129 cm³/mol. The summed E-state index contributed by atoms with van der Waals surface area (Å²) in [5, 5.41) is 20.4. The van der Waals surface area contributed by atoms with Crippen LogP contribution >= 0.6 is 0 Å². The molecule has 2 aromatic rings. The van der Waals surface area contributed by atoms with Gasteiger partial charge in [-0.3, -0.25) is 15.3 Å². The maximum atomic E-state index is 12.7. The third-order valence-electron chi connectivity index (χ3n) is 5.14. The van der Waals surface area contributed by atoms with Crippen molar-refractivity contribution in [1.82, 2.24) is 5.48 Å². The van der Waals surface area contributed by atoms with Gasteiger partial charge in [-0.05, 0) is 61.7 Å². The number of aliphatic hydroxyl groups excluding tert-OH is 1. The van der Waals surface area contributed by atoms with Gasteiger partial charge in [0, 0.05) is 18.4 Å². The van der Waals surface area contributed by atoms with Gasteiger partial charge in [0.1, 0.15) is 18.1 Å². The molecule has 2 rings (SSSR count). The van der Waals surface area contributed by atoms with Gasteiger partial charge in [-0.2, -0.15) is 0 Å². The van der Waals surface area contributed by atoms with E-state index in [2.05, 4.69) is 5.32 Å². The van der Waals surface area contributed by atoms with E-state index in [0.29, 0.717) is 41.2 Å². The molecule has 0 aliphatic carbocycles. The van der Waals surface area contributed by atoms with E-state index >= 15 is 0 Å². The molecule has 0 unspecified atom stereocenters. The monoisotopic (exact) mass is 488 g/mol. The summed E-state index contributed by atoms with van der Waals surface area (Å²) in [5.74, 6) is 0.624. The number of hydroxylamine groups is 1. The number of hydrogen-bond donors (Lipinski definition) is 4. The first-order valence-corrected chi connectivity index (χ1v) is 11.0. The highest BCUT2D eigenvalue weighted by Gasteiger charge is 2.27. The highest BCUT2D eigenvalue weighted by Crippen LogP contribution is 2.29. The zero-order chi connectivity index (χ0) is 25.6. The van der Waals surface area contributed by atoms with Crippen molar-refractivity contribution in [3.8, 4) is 11.5 Å². The Kier molecular flexibility index (Phi) is 11.5. The molecule has 0 fully saturated rings. The molecule has 0 heterocycles. The molecule has 10 heteroatoms. The van der Waals surface area contributed by atoms with E-state index in [1.54, 1.807) is 74.1 Å². The number of nitrogens with one attached hydrogen (secondary N) is 2. The maximum absolute atomic E-state index is 12.7. The van der Waals surface area contributed by atoms with Crippen LogP contribution in [-0.4, -0.2) is 55.9 Å². The van der Waals surface area contributed by atoms with E-state index in [1.807, 2.05) is 0 Å². The summed E-state index contributed by atoms with van der Waals surface area (Å²) < 4.78 is 21.9. The Morgan fingerprint density at radius 1 is 1.03 bits per heavy atom. The number of hydrogen-bond acceptors (Lipinski definition) is 8. The zero-order valence-electron chi connectivity index (χ0n) is 20.0. The Balaban J connectivity index is 2.19. The molecule has 2 aromatic carbocycles. The standard InChI is InChI=1S/C25H32N2O8/c1-17(24(29)27-31)5-4-6-22(33-3)23(18-7-11-21(12-8-18)34-16-15-28)35-25(30)26-19-9-13-20(32-2)14-10-19/h5,7-14,22-23,28,31H,4,6,15-16H2,1-3H3,(H,26,30)(H,27,29)/b17-5+/t22-,23-/m1/s1. The first-order chi connectivity index (χ1) is 16.9. The second-order valence-electron chi connectivity index (χ2n) is 7.50. The molecular formula is C25H32N2O8. The molecular weight excluding hydrogens is 456 g/mol. The van der Waals surface area contributed by atoms with Crippen molar-refractivity contribution in [3.63, 3.8) is 0 Å². The van der Waals surface area contributed by atoms with Crippen LogP contribution in [0.25, 0.3) is 0 Å². The van der Waals surface area contributed by atoms with E-state index in [4.69, 9.17) is 29.3 Å². The summed E-state index contributed by atoms with van der Waals surface area (Å²) in [4.78, 5) is 24.2. The lowest BCUT2D eigenvalue weighted by Crippen LogP contribution is -2.28. The van der Waals surface area contributed by atoms with E-state index < -0.39 is 24.2 Å². The molecule has 2 amide bonds. The fourth-order valence-corrected chi connectivity index (χ4v) is 3.25. The third kappa shape index (κ3) is 8.93. The topological polar surface area (TPSA) is 136 Å². The highest BCUT2D eigenvalue weighted by molar-refractivity contribution is 5.91. The van der Waals surface area contributed by atoms with Crippen LogP contribution in [0.5, 0.6) is 11.5 Å². The first-order valence-electron chi connectivity index (χ1n) is 11.0. The van der Waals surface area contributed by atoms with Crippen molar-refractivity contribution >= 4 is 17.7 Å². The normalized spacial score (nSPS) is 12.9. The van der Waals surface area contributed by atoms with Crippen LogP contribution < -0.4 is 20.3 Å². The lowest BCUT2D eigenvalue weighted by atomic mass is 9.99. The van der Waals surface area contributed by atoms with Gasteiger partial charge in [-0.25, -0.2) is 10.3 Å². The predicted octanol–water partition coefficient (Wildman–Crippen LogP) is 3.60. The Bertz CT molecular complexity index is 960. The number of amides is 2. The highest BCUT2D eigenvalue weighted by atomic mass is 16.6. The summed E-state index contributed by atoms with van der Waals surface area (Å²) >= 11 is 0. The summed E-state index contributed by atoms with van der Waals surface area (Å²) in [6, 6.07) is 13.7. The van der Waals surface area contributed by atoms with Crippen LogP contribution in [0.2, 0.25) is 0 Å². The van der Waals surface area contributed by atoms with Crippen LogP contribution in [0, 0.1) is 0 Å². The smallest absolute Gasteiger partial charge is 0.412 e. The Hall–Kier alpha value is -3.60. The molecule has 10 nitrogen and oxygen atoms in total. The SMILES string of the molecule is COc1ccc(NC(=O)O[C@H](c2ccc(OCCO)cc2)[C@@H](CC/C=C(\C)C(=O)NO)OC)cc1. The van der Waals surface area contributed by atoms with Crippen LogP contribution in [0.4, 0.5) is 10.5 Å². The summed E-state index contributed by atoms with van der Waals surface area (Å²) in [5.41, 5.74) is 3.15. The minimum atomic E-state index is -0.773. The summed E-state index contributed by atoms with van der Waals surface area (Å²) in [6.45, 7) is 1.64. The molecule has 0 aliphatic rings. The molecule has 0 bridgehead atoms. The number of methoxy groups -OCH3 is 2. The van der Waals surface area contributed by atoms with Gasteiger partial charge in [-0.15, -0.1) is 0 Å². The van der Waals surface area contributed by atoms with Crippen LogP contribution in [-0.2, 0) is 14.3 Å². The van der Waals surface area contributed by atoms with Crippen molar-refractivity contribution in [1.29, 1.82) is 0 Å².